The molecule has 7 heteroatoms. The van der Waals surface area contributed by atoms with Crippen LogP contribution in [0, 0.1) is 12.7 Å². The predicted molar refractivity (Wildman–Crippen MR) is 99.0 cm³/mol. The van der Waals surface area contributed by atoms with Crippen LogP contribution in [0.1, 0.15) is 11.3 Å². The number of halogens is 1. The highest BCUT2D eigenvalue weighted by Gasteiger charge is 2.20. The van der Waals surface area contributed by atoms with Crippen molar-refractivity contribution in [3.63, 3.8) is 0 Å². The molecular weight excluding hydrogens is 349 g/mol. The maximum Gasteiger partial charge on any atom is 0.307 e. The van der Waals surface area contributed by atoms with Crippen molar-refractivity contribution in [2.75, 3.05) is 7.11 Å². The number of methoxy groups -OCH3 is 1. The van der Waals surface area contributed by atoms with Crippen molar-refractivity contribution in [2.24, 2.45) is 0 Å². The lowest BCUT2D eigenvalue weighted by molar-refractivity contribution is -0.136. The Labute approximate surface area is 153 Å². The number of aliphatic carboxylic acids is 1. The van der Waals surface area contributed by atoms with Gasteiger partial charge in [0.25, 0.3) is 0 Å². The van der Waals surface area contributed by atoms with Gasteiger partial charge in [0.05, 0.1) is 24.6 Å². The molecule has 6 nitrogen and oxygen atoms in total. The zero-order chi connectivity index (χ0) is 19.1. The molecule has 0 saturated heterocycles. The Morgan fingerprint density at radius 1 is 1.19 bits per heavy atom. The molecule has 1 N–H and O–H groups in total. The van der Waals surface area contributed by atoms with Crippen LogP contribution in [0.5, 0.6) is 5.75 Å². The Kier molecular flexibility index (Phi) is 3.99. The van der Waals surface area contributed by atoms with Gasteiger partial charge in [0.15, 0.2) is 0 Å². The fourth-order valence-electron chi connectivity index (χ4n) is 3.43. The van der Waals surface area contributed by atoms with E-state index in [-0.39, 0.29) is 12.2 Å². The van der Waals surface area contributed by atoms with Gasteiger partial charge in [-0.05, 0) is 42.8 Å². The van der Waals surface area contributed by atoms with Crippen molar-refractivity contribution in [1.82, 2.24) is 14.5 Å². The van der Waals surface area contributed by atoms with Gasteiger partial charge in [0, 0.05) is 22.5 Å². The van der Waals surface area contributed by atoms with Gasteiger partial charge in [0.1, 0.15) is 23.7 Å². The maximum absolute atomic E-state index is 13.6. The van der Waals surface area contributed by atoms with E-state index in [4.69, 9.17) is 4.74 Å². The molecule has 2 aromatic heterocycles. The maximum atomic E-state index is 13.6. The van der Waals surface area contributed by atoms with E-state index in [1.54, 1.807) is 13.2 Å². The Bertz CT molecular complexity index is 1200. The van der Waals surface area contributed by atoms with Gasteiger partial charge in [0.2, 0.25) is 0 Å². The van der Waals surface area contributed by atoms with Crippen LogP contribution in [0.15, 0.2) is 42.7 Å². The molecule has 136 valence electrons. The highest BCUT2D eigenvalue weighted by atomic mass is 19.1. The molecule has 0 saturated carbocycles. The van der Waals surface area contributed by atoms with Gasteiger partial charge in [-0.3, -0.25) is 9.36 Å². The topological polar surface area (TPSA) is 77.2 Å². The zero-order valence-electron chi connectivity index (χ0n) is 14.7. The number of benzene rings is 2. The number of hydrogen-bond donors (Lipinski definition) is 1. The molecule has 0 unspecified atom stereocenters. The lowest BCUT2D eigenvalue weighted by Crippen LogP contribution is -2.05. The third kappa shape index (κ3) is 2.77. The Morgan fingerprint density at radius 3 is 2.74 bits per heavy atom. The summed E-state index contributed by atoms with van der Waals surface area (Å²) >= 11 is 0. The normalized spacial score (nSPS) is 11.2. The van der Waals surface area contributed by atoms with Crippen LogP contribution in [-0.4, -0.2) is 32.7 Å². The molecule has 4 rings (SSSR count). The minimum absolute atomic E-state index is 0.125. The van der Waals surface area contributed by atoms with Crippen molar-refractivity contribution in [3.8, 4) is 11.6 Å². The third-order valence-electron chi connectivity index (χ3n) is 4.66. The molecule has 4 aromatic rings. The van der Waals surface area contributed by atoms with Gasteiger partial charge < -0.3 is 9.84 Å². The average molecular weight is 365 g/mol. The minimum Gasteiger partial charge on any atom is -0.497 e. The third-order valence-corrected chi connectivity index (χ3v) is 4.66. The predicted octanol–water partition coefficient (Wildman–Crippen LogP) is 3.66. The van der Waals surface area contributed by atoms with Crippen molar-refractivity contribution >= 4 is 27.8 Å². The average Bonchev–Trinajstić information content (AvgIpc) is 2.91. The van der Waals surface area contributed by atoms with Crippen LogP contribution < -0.4 is 4.74 Å². The van der Waals surface area contributed by atoms with Gasteiger partial charge in [-0.2, -0.15) is 0 Å². The summed E-state index contributed by atoms with van der Waals surface area (Å²) in [6.07, 6.45) is 1.25. The first-order valence-corrected chi connectivity index (χ1v) is 8.30. The minimum atomic E-state index is -0.922. The number of rotatable bonds is 4. The van der Waals surface area contributed by atoms with Crippen LogP contribution in [0.4, 0.5) is 4.39 Å². The van der Waals surface area contributed by atoms with E-state index in [0.717, 1.165) is 16.6 Å². The molecule has 0 spiro atoms. The standard InChI is InChI=1S/C20H16FN3O3/c1-11-15(9-19(25)26)16-8-13(27-2)4-6-18(16)24(11)20-14-5-3-12(21)7-17(14)22-10-23-20/h3-8,10H,9H2,1-2H3,(H,25,26). The summed E-state index contributed by atoms with van der Waals surface area (Å²) in [6, 6.07) is 9.84. The summed E-state index contributed by atoms with van der Waals surface area (Å²) in [6.45, 7) is 1.85. The van der Waals surface area contributed by atoms with E-state index in [2.05, 4.69) is 9.97 Å². The molecule has 0 radical (unpaired) electrons. The molecule has 27 heavy (non-hydrogen) atoms. The highest BCUT2D eigenvalue weighted by Crippen LogP contribution is 2.33. The van der Waals surface area contributed by atoms with E-state index in [1.807, 2.05) is 29.7 Å². The highest BCUT2D eigenvalue weighted by molar-refractivity contribution is 5.94. The number of carbonyl (C=O) groups is 1. The second-order valence-corrected chi connectivity index (χ2v) is 6.21. The smallest absolute Gasteiger partial charge is 0.307 e. The number of carboxylic acids is 1. The Hall–Kier alpha value is -3.48. The van der Waals surface area contributed by atoms with Crippen LogP contribution in [0.2, 0.25) is 0 Å². The van der Waals surface area contributed by atoms with Crippen molar-refractivity contribution in [2.45, 2.75) is 13.3 Å². The summed E-state index contributed by atoms with van der Waals surface area (Å²) in [7, 11) is 1.56. The van der Waals surface area contributed by atoms with Crippen LogP contribution in [0.25, 0.3) is 27.6 Å². The fourth-order valence-corrected chi connectivity index (χ4v) is 3.43. The number of nitrogens with zero attached hydrogens (tertiary/aromatic N) is 3. The van der Waals surface area contributed by atoms with Crippen LogP contribution in [-0.2, 0) is 11.2 Å². The molecule has 0 amide bonds. The van der Waals surface area contributed by atoms with Crippen molar-refractivity contribution < 1.29 is 19.0 Å². The second-order valence-electron chi connectivity index (χ2n) is 6.21. The molecule has 0 bridgehead atoms. The van der Waals surface area contributed by atoms with E-state index in [9.17, 15) is 14.3 Å². The molecule has 0 aliphatic carbocycles. The van der Waals surface area contributed by atoms with Gasteiger partial charge >= 0.3 is 5.97 Å². The molecule has 0 aliphatic heterocycles. The van der Waals surface area contributed by atoms with E-state index in [1.165, 1.54) is 18.5 Å². The van der Waals surface area contributed by atoms with Crippen LogP contribution in [0.3, 0.4) is 0 Å². The molecule has 0 atom stereocenters. The number of hydrogen-bond acceptors (Lipinski definition) is 4. The molecular formula is C20H16FN3O3. The number of fused-ring (bicyclic) bond motifs is 2. The summed E-state index contributed by atoms with van der Waals surface area (Å²) in [4.78, 5) is 20.0. The first-order chi connectivity index (χ1) is 13.0. The van der Waals surface area contributed by atoms with Crippen molar-refractivity contribution in [3.05, 3.63) is 59.8 Å². The zero-order valence-corrected chi connectivity index (χ0v) is 14.7. The van der Waals surface area contributed by atoms with Crippen LogP contribution >= 0.6 is 0 Å². The summed E-state index contributed by atoms with van der Waals surface area (Å²) in [5, 5.41) is 10.8. The molecule has 2 aromatic carbocycles. The van der Waals surface area contributed by atoms with Gasteiger partial charge in [-0.25, -0.2) is 14.4 Å². The number of ether oxygens (including phenoxy) is 1. The monoisotopic (exact) mass is 365 g/mol. The fraction of sp³-hybridized carbons (Fsp3) is 0.150. The van der Waals surface area contributed by atoms with Gasteiger partial charge in [-0.15, -0.1) is 0 Å². The van der Waals surface area contributed by atoms with E-state index in [0.29, 0.717) is 28.0 Å². The second kappa shape index (κ2) is 6.35. The molecule has 0 fully saturated rings. The number of carboxylic acid groups (broad SMARTS) is 1. The van der Waals surface area contributed by atoms with E-state index >= 15 is 0 Å². The van der Waals surface area contributed by atoms with Crippen molar-refractivity contribution in [1.29, 1.82) is 0 Å². The summed E-state index contributed by atoms with van der Waals surface area (Å²) < 4.78 is 20.8. The Balaban J connectivity index is 2.08. The number of aromatic nitrogens is 3. The van der Waals surface area contributed by atoms with Gasteiger partial charge in [-0.1, -0.05) is 0 Å². The largest absolute Gasteiger partial charge is 0.497 e. The summed E-state index contributed by atoms with van der Waals surface area (Å²) in [5.41, 5.74) is 2.72. The molecule has 0 aliphatic rings. The quantitative estimate of drug-likeness (QED) is 0.597. The SMILES string of the molecule is COc1ccc2c(c1)c(CC(=O)O)c(C)n2-c1ncnc2cc(F)ccc12. The van der Waals surface area contributed by atoms with E-state index < -0.39 is 5.97 Å². The lowest BCUT2D eigenvalue weighted by atomic mass is 10.1. The lowest BCUT2D eigenvalue weighted by Gasteiger charge is -2.11. The first kappa shape index (κ1) is 17.0. The molecule has 2 heterocycles. The summed E-state index contributed by atoms with van der Waals surface area (Å²) in [5.74, 6) is -0.0858. The Morgan fingerprint density at radius 2 is 2.00 bits per heavy atom. The first-order valence-electron chi connectivity index (χ1n) is 8.30.